The van der Waals surface area contributed by atoms with Crippen molar-refractivity contribution in [2.24, 2.45) is 20.0 Å². The Morgan fingerprint density at radius 2 is 0.922 bits per heavy atom. The first-order chi connectivity index (χ1) is 25.1. The minimum atomic E-state index is -1.59. The second kappa shape index (κ2) is 13.2. The van der Waals surface area contributed by atoms with E-state index in [1.807, 2.05) is 140 Å². The highest BCUT2D eigenvalue weighted by molar-refractivity contribution is 6.57. The van der Waals surface area contributed by atoms with Gasteiger partial charge in [0.25, 0.3) is 0 Å². The van der Waals surface area contributed by atoms with Crippen LogP contribution in [0.25, 0.3) is 0 Å². The number of rotatable bonds is 9. The number of benzene rings is 4. The molecule has 0 aliphatic carbocycles. The van der Waals surface area contributed by atoms with Gasteiger partial charge in [-0.25, -0.2) is 20.0 Å². The van der Waals surface area contributed by atoms with Crippen molar-refractivity contribution in [1.82, 2.24) is 9.97 Å². The van der Waals surface area contributed by atoms with Crippen molar-refractivity contribution in [2.75, 3.05) is 14.2 Å². The highest BCUT2D eigenvalue weighted by Crippen LogP contribution is 2.53. The summed E-state index contributed by atoms with van der Waals surface area (Å²) in [6, 6.07) is 44.7. The first-order valence-electron chi connectivity index (χ1n) is 16.4. The molecule has 0 fully saturated rings. The Hall–Kier alpha value is -6.25. The largest absolute Gasteiger partial charge is 0.493 e. The van der Waals surface area contributed by atoms with E-state index in [-0.39, 0.29) is 0 Å². The van der Waals surface area contributed by atoms with E-state index in [0.29, 0.717) is 56.3 Å². The average molecular weight is 687 g/mol. The standard InChI is InChI=1S/C42H31ClN6O2/c1-50-33-24-23-30(27-34(33)51-2)39-40(31-19-9-10-20-32(31)43)49-42(48-39,36-22-12-14-26-45-36)41(35-21-11-13-25-44-35)46-37(28-15-5-3-6-16-28)38(47-41)29-17-7-4-8-18-29/h3-27H,1-2H3. The molecule has 0 radical (unpaired) electrons. The van der Waals surface area contributed by atoms with E-state index in [1.54, 1.807) is 26.6 Å². The summed E-state index contributed by atoms with van der Waals surface area (Å²) in [5.41, 5.74) is 3.65. The smallest absolute Gasteiger partial charge is 0.245 e. The van der Waals surface area contributed by atoms with Crippen LogP contribution >= 0.6 is 11.6 Å². The highest BCUT2D eigenvalue weighted by Gasteiger charge is 2.62. The molecular weight excluding hydrogens is 656 g/mol. The van der Waals surface area contributed by atoms with Gasteiger partial charge in [0.05, 0.1) is 53.5 Å². The molecular formula is C42H31ClN6O2. The zero-order valence-corrected chi connectivity index (χ0v) is 28.6. The van der Waals surface area contributed by atoms with E-state index in [9.17, 15) is 0 Å². The molecule has 0 bridgehead atoms. The van der Waals surface area contributed by atoms with Crippen LogP contribution in [0.1, 0.15) is 33.6 Å². The lowest BCUT2D eigenvalue weighted by Crippen LogP contribution is -2.44. The molecule has 8 nitrogen and oxygen atoms in total. The van der Waals surface area contributed by atoms with Crippen LogP contribution in [0.3, 0.4) is 0 Å². The molecule has 0 N–H and O–H groups in total. The van der Waals surface area contributed by atoms with Gasteiger partial charge in [-0.3, -0.25) is 9.97 Å². The first kappa shape index (κ1) is 32.0. The second-order valence-corrected chi connectivity index (χ2v) is 12.3. The molecule has 0 amide bonds. The topological polar surface area (TPSA) is 93.7 Å². The molecule has 4 heterocycles. The fourth-order valence-corrected chi connectivity index (χ4v) is 6.79. The third-order valence-electron chi connectivity index (χ3n) is 8.95. The average Bonchev–Trinajstić information content (AvgIpc) is 3.82. The van der Waals surface area contributed by atoms with Crippen molar-refractivity contribution >= 4 is 34.4 Å². The van der Waals surface area contributed by atoms with E-state index in [0.717, 1.165) is 16.7 Å². The molecule has 1 unspecified atom stereocenters. The number of halogens is 1. The fourth-order valence-electron chi connectivity index (χ4n) is 6.57. The molecule has 2 aromatic heterocycles. The Balaban J connectivity index is 1.52. The zero-order valence-electron chi connectivity index (χ0n) is 27.8. The van der Waals surface area contributed by atoms with Crippen LogP contribution in [-0.2, 0) is 11.3 Å². The molecule has 2 aliphatic rings. The number of aromatic nitrogens is 2. The number of methoxy groups -OCH3 is 2. The molecule has 6 aromatic rings. The molecule has 248 valence electrons. The van der Waals surface area contributed by atoms with E-state index in [2.05, 4.69) is 0 Å². The summed E-state index contributed by atoms with van der Waals surface area (Å²) in [5, 5.41) is 0.515. The van der Waals surface area contributed by atoms with E-state index in [4.69, 9.17) is 51.0 Å². The molecule has 0 saturated heterocycles. The van der Waals surface area contributed by atoms with Gasteiger partial charge in [-0.05, 0) is 48.5 Å². The van der Waals surface area contributed by atoms with Gasteiger partial charge in [0.1, 0.15) is 0 Å². The van der Waals surface area contributed by atoms with E-state index in [1.165, 1.54) is 0 Å². The van der Waals surface area contributed by atoms with Gasteiger partial charge in [-0.15, -0.1) is 0 Å². The molecule has 51 heavy (non-hydrogen) atoms. The second-order valence-electron chi connectivity index (χ2n) is 11.9. The quantitative estimate of drug-likeness (QED) is 0.154. The zero-order chi connectivity index (χ0) is 34.8. The predicted octanol–water partition coefficient (Wildman–Crippen LogP) is 8.14. The summed E-state index contributed by atoms with van der Waals surface area (Å²) in [7, 11) is 3.21. The van der Waals surface area contributed by atoms with Crippen LogP contribution in [-0.4, -0.2) is 47.0 Å². The van der Waals surface area contributed by atoms with Crippen LogP contribution in [0, 0.1) is 0 Å². The summed E-state index contributed by atoms with van der Waals surface area (Å²) in [6.07, 6.45) is 3.47. The van der Waals surface area contributed by atoms with Crippen molar-refractivity contribution in [3.63, 3.8) is 0 Å². The molecule has 0 spiro atoms. The first-order valence-corrected chi connectivity index (χ1v) is 16.8. The molecule has 2 aliphatic heterocycles. The van der Waals surface area contributed by atoms with Crippen LogP contribution in [0.2, 0.25) is 5.02 Å². The summed E-state index contributed by atoms with van der Waals surface area (Å²) in [5.74, 6) is 1.13. The normalized spacial score (nSPS) is 17.6. The molecule has 0 saturated carbocycles. The highest BCUT2D eigenvalue weighted by atomic mass is 35.5. The van der Waals surface area contributed by atoms with E-state index < -0.39 is 11.3 Å². The molecule has 9 heteroatoms. The molecule has 1 atom stereocenters. The maximum atomic E-state index is 6.96. The number of aliphatic imine (C=N–C) groups is 4. The maximum Gasteiger partial charge on any atom is 0.245 e. The maximum absolute atomic E-state index is 6.96. The number of ether oxygens (including phenoxy) is 2. The summed E-state index contributed by atoms with van der Waals surface area (Å²) < 4.78 is 11.3. The van der Waals surface area contributed by atoms with Gasteiger partial charge < -0.3 is 9.47 Å². The van der Waals surface area contributed by atoms with Crippen LogP contribution < -0.4 is 9.47 Å². The molecule has 8 rings (SSSR count). The van der Waals surface area contributed by atoms with Crippen molar-refractivity contribution < 1.29 is 9.47 Å². The minimum absolute atomic E-state index is 0.515. The number of hydrogen-bond donors (Lipinski definition) is 0. The summed E-state index contributed by atoms with van der Waals surface area (Å²) in [6.45, 7) is 0. The number of hydrogen-bond acceptors (Lipinski definition) is 8. The van der Waals surface area contributed by atoms with Gasteiger partial charge in [-0.1, -0.05) is 103 Å². The van der Waals surface area contributed by atoms with Crippen molar-refractivity contribution in [1.29, 1.82) is 0 Å². The third kappa shape index (κ3) is 5.41. The van der Waals surface area contributed by atoms with Crippen molar-refractivity contribution in [2.45, 2.75) is 11.3 Å². The van der Waals surface area contributed by atoms with Crippen LogP contribution in [0.4, 0.5) is 0 Å². The van der Waals surface area contributed by atoms with Gasteiger partial charge in [0, 0.05) is 34.6 Å². The van der Waals surface area contributed by atoms with Crippen molar-refractivity contribution in [3.05, 3.63) is 191 Å². The minimum Gasteiger partial charge on any atom is -0.493 e. The van der Waals surface area contributed by atoms with Crippen LogP contribution in [0.5, 0.6) is 11.5 Å². The lowest BCUT2D eigenvalue weighted by Gasteiger charge is -2.36. The fraction of sp³-hybridized carbons (Fsp3) is 0.0952. The lowest BCUT2D eigenvalue weighted by atomic mass is 9.87. The summed E-state index contributed by atoms with van der Waals surface area (Å²) in [4.78, 5) is 32.3. The number of pyridine rings is 2. The van der Waals surface area contributed by atoms with Gasteiger partial charge in [0.15, 0.2) is 11.5 Å². The Kier molecular flexibility index (Phi) is 8.29. The third-order valence-corrected chi connectivity index (χ3v) is 9.28. The van der Waals surface area contributed by atoms with Gasteiger partial charge in [-0.2, -0.15) is 0 Å². The predicted molar refractivity (Wildman–Crippen MR) is 202 cm³/mol. The van der Waals surface area contributed by atoms with Gasteiger partial charge >= 0.3 is 0 Å². The van der Waals surface area contributed by atoms with Gasteiger partial charge in [0.2, 0.25) is 11.3 Å². The Morgan fingerprint density at radius 3 is 1.41 bits per heavy atom. The van der Waals surface area contributed by atoms with Crippen molar-refractivity contribution in [3.8, 4) is 11.5 Å². The Labute approximate surface area is 300 Å². The monoisotopic (exact) mass is 686 g/mol. The lowest BCUT2D eigenvalue weighted by molar-refractivity contribution is 0.244. The Morgan fingerprint density at radius 1 is 0.451 bits per heavy atom. The van der Waals surface area contributed by atoms with Crippen LogP contribution in [0.15, 0.2) is 172 Å². The number of nitrogens with zero attached hydrogens (tertiary/aromatic N) is 6. The Bertz CT molecular complexity index is 2290. The summed E-state index contributed by atoms with van der Waals surface area (Å²) >= 11 is 6.96. The molecule has 4 aromatic carbocycles. The SMILES string of the molecule is COc1ccc(C2=NC(c3ccccn3)(C3(c4ccccn4)N=C(c4ccccc4)C(c4ccccc4)=N3)N=C2c2ccccc2Cl)cc1OC. The van der Waals surface area contributed by atoms with E-state index >= 15 is 0 Å².